The van der Waals surface area contributed by atoms with Gasteiger partial charge >= 0.3 is 0 Å². The molecule has 25 heavy (non-hydrogen) atoms. The summed E-state index contributed by atoms with van der Waals surface area (Å²) >= 11 is 1.84. The maximum Gasteiger partial charge on any atom is 0.269 e. The van der Waals surface area contributed by atoms with Gasteiger partial charge in [-0.1, -0.05) is 38.5 Å². The highest BCUT2D eigenvalue weighted by atomic mass is 32.2. The van der Waals surface area contributed by atoms with Crippen molar-refractivity contribution in [3.63, 3.8) is 0 Å². The predicted molar refractivity (Wildman–Crippen MR) is 105 cm³/mol. The van der Waals surface area contributed by atoms with E-state index in [4.69, 9.17) is 4.99 Å². The average Bonchev–Trinajstić information content (AvgIpc) is 3.18. The molecule has 0 aromatic heterocycles. The molecule has 1 aromatic rings. The van der Waals surface area contributed by atoms with Crippen LogP contribution >= 0.6 is 11.8 Å². The summed E-state index contributed by atoms with van der Waals surface area (Å²) in [5.41, 5.74) is 1.84. The fraction of sp³-hybridized carbons (Fsp3) is 0.632. The van der Waals surface area contributed by atoms with Crippen molar-refractivity contribution < 1.29 is 4.92 Å². The second kappa shape index (κ2) is 7.77. The highest BCUT2D eigenvalue weighted by molar-refractivity contribution is 8.14. The van der Waals surface area contributed by atoms with E-state index in [9.17, 15) is 10.1 Å². The van der Waals surface area contributed by atoms with Crippen molar-refractivity contribution in [2.45, 2.75) is 65.0 Å². The van der Waals surface area contributed by atoms with Crippen LogP contribution in [-0.4, -0.2) is 32.8 Å². The number of aryl methyl sites for hydroxylation is 1. The molecule has 1 aromatic carbocycles. The lowest BCUT2D eigenvalue weighted by Crippen LogP contribution is -2.41. The van der Waals surface area contributed by atoms with Gasteiger partial charge in [-0.3, -0.25) is 10.1 Å². The number of nitro benzene ring substituents is 1. The van der Waals surface area contributed by atoms with Gasteiger partial charge in [0.05, 0.1) is 10.6 Å². The molecule has 1 heterocycles. The number of amidine groups is 1. The minimum absolute atomic E-state index is 0.130. The first-order chi connectivity index (χ1) is 12.0. The first kappa shape index (κ1) is 18.2. The summed E-state index contributed by atoms with van der Waals surface area (Å²) in [5, 5.41) is 12.0. The lowest BCUT2D eigenvalue weighted by atomic mass is 10.0. The van der Waals surface area contributed by atoms with E-state index < -0.39 is 0 Å². The van der Waals surface area contributed by atoms with Crippen LogP contribution in [0.1, 0.15) is 51.5 Å². The zero-order valence-electron chi connectivity index (χ0n) is 15.3. The van der Waals surface area contributed by atoms with E-state index >= 15 is 0 Å². The van der Waals surface area contributed by atoms with E-state index in [1.165, 1.54) is 32.1 Å². The van der Waals surface area contributed by atoms with Gasteiger partial charge in [0.25, 0.3) is 5.69 Å². The number of aliphatic imine (C=N–C) groups is 1. The topological polar surface area (TPSA) is 58.7 Å². The normalized spacial score (nSPS) is 23.1. The summed E-state index contributed by atoms with van der Waals surface area (Å²) in [4.78, 5) is 18.1. The third kappa shape index (κ3) is 4.17. The second-order valence-corrected chi connectivity index (χ2v) is 8.55. The minimum Gasteiger partial charge on any atom is -0.344 e. The molecule has 0 bridgehead atoms. The third-order valence-electron chi connectivity index (χ3n) is 5.09. The Morgan fingerprint density at radius 3 is 2.68 bits per heavy atom. The van der Waals surface area contributed by atoms with E-state index in [1.807, 2.05) is 18.7 Å². The van der Waals surface area contributed by atoms with Crippen molar-refractivity contribution >= 4 is 28.3 Å². The summed E-state index contributed by atoms with van der Waals surface area (Å²) in [6.45, 7) is 6.47. The number of hydrogen-bond donors (Lipinski definition) is 0. The van der Waals surface area contributed by atoms with Crippen LogP contribution in [0, 0.1) is 23.0 Å². The Hall–Kier alpha value is -1.56. The Kier molecular flexibility index (Phi) is 5.67. The van der Waals surface area contributed by atoms with E-state index in [0.717, 1.165) is 22.2 Å². The molecule has 5 nitrogen and oxygen atoms in total. The van der Waals surface area contributed by atoms with Crippen LogP contribution in [0.25, 0.3) is 0 Å². The van der Waals surface area contributed by atoms with Crippen LogP contribution in [-0.2, 0) is 0 Å². The molecule has 0 spiro atoms. The Morgan fingerprint density at radius 1 is 1.36 bits per heavy atom. The van der Waals surface area contributed by atoms with E-state index in [-0.39, 0.29) is 10.6 Å². The molecule has 1 unspecified atom stereocenters. The molecule has 0 N–H and O–H groups in total. The lowest BCUT2D eigenvalue weighted by molar-refractivity contribution is -0.384. The van der Waals surface area contributed by atoms with Gasteiger partial charge in [0, 0.05) is 30.0 Å². The Morgan fingerprint density at radius 2 is 2.08 bits per heavy atom. The molecule has 1 aliphatic carbocycles. The summed E-state index contributed by atoms with van der Waals surface area (Å²) < 4.78 is 0. The SMILES string of the molecule is Cc1cc([N+](=O)[O-])ccc1N=C1SCC(CC(C)C)N1C1CCCC1. The van der Waals surface area contributed by atoms with Crippen LogP contribution in [0.3, 0.4) is 0 Å². The number of thioether (sulfide) groups is 1. The number of hydrogen-bond acceptors (Lipinski definition) is 4. The van der Waals surface area contributed by atoms with Crippen LogP contribution in [0.5, 0.6) is 0 Å². The molecule has 136 valence electrons. The van der Waals surface area contributed by atoms with Gasteiger partial charge in [0.15, 0.2) is 5.17 Å². The van der Waals surface area contributed by atoms with E-state index in [1.54, 1.807) is 18.2 Å². The van der Waals surface area contributed by atoms with Gasteiger partial charge in [-0.15, -0.1) is 0 Å². The average molecular weight is 362 g/mol. The number of nitrogens with zero attached hydrogens (tertiary/aromatic N) is 3. The quantitative estimate of drug-likeness (QED) is 0.527. The monoisotopic (exact) mass is 361 g/mol. The van der Waals surface area contributed by atoms with Crippen molar-refractivity contribution in [3.05, 3.63) is 33.9 Å². The molecule has 6 heteroatoms. The van der Waals surface area contributed by atoms with Gasteiger partial charge < -0.3 is 4.90 Å². The Balaban J connectivity index is 1.88. The molecule has 0 radical (unpaired) electrons. The molecule has 1 atom stereocenters. The van der Waals surface area contributed by atoms with Crippen LogP contribution < -0.4 is 0 Å². The molecule has 1 saturated carbocycles. The zero-order valence-corrected chi connectivity index (χ0v) is 16.1. The molecule has 1 saturated heterocycles. The van der Waals surface area contributed by atoms with Gasteiger partial charge in [-0.05, 0) is 43.7 Å². The smallest absolute Gasteiger partial charge is 0.269 e. The minimum atomic E-state index is -0.349. The number of nitro groups is 1. The van der Waals surface area contributed by atoms with Gasteiger partial charge in [0.2, 0.25) is 0 Å². The van der Waals surface area contributed by atoms with Crippen molar-refractivity contribution in [2.75, 3.05) is 5.75 Å². The van der Waals surface area contributed by atoms with Gasteiger partial charge in [-0.2, -0.15) is 0 Å². The second-order valence-electron chi connectivity index (χ2n) is 7.56. The summed E-state index contributed by atoms with van der Waals surface area (Å²) in [6.07, 6.45) is 6.33. The van der Waals surface area contributed by atoms with E-state index in [0.29, 0.717) is 18.0 Å². The maximum absolute atomic E-state index is 10.9. The largest absolute Gasteiger partial charge is 0.344 e. The first-order valence-corrected chi connectivity index (χ1v) is 10.2. The third-order valence-corrected chi connectivity index (χ3v) is 6.20. The molecule has 2 aliphatic rings. The van der Waals surface area contributed by atoms with Crippen molar-refractivity contribution in [3.8, 4) is 0 Å². The standard InChI is InChI=1S/C19H27N3O2S/c1-13(2)10-17-12-25-19(21(17)15-6-4-5-7-15)20-18-9-8-16(22(23)24)11-14(18)3/h8-9,11,13,15,17H,4-7,10,12H2,1-3H3. The molecule has 3 rings (SSSR count). The highest BCUT2D eigenvalue weighted by Gasteiger charge is 2.36. The summed E-state index contributed by atoms with van der Waals surface area (Å²) in [6, 6.07) is 6.12. The highest BCUT2D eigenvalue weighted by Crippen LogP contribution is 2.37. The van der Waals surface area contributed by atoms with Crippen LogP contribution in [0.4, 0.5) is 11.4 Å². The molecular weight excluding hydrogens is 334 g/mol. The van der Waals surface area contributed by atoms with Crippen molar-refractivity contribution in [2.24, 2.45) is 10.9 Å². The molecule has 1 aliphatic heterocycles. The molecular formula is C19H27N3O2S. The maximum atomic E-state index is 10.9. The van der Waals surface area contributed by atoms with E-state index in [2.05, 4.69) is 18.7 Å². The number of non-ortho nitro benzene ring substituents is 1. The summed E-state index contributed by atoms with van der Waals surface area (Å²) in [5.74, 6) is 1.77. The first-order valence-electron chi connectivity index (χ1n) is 9.20. The van der Waals surface area contributed by atoms with Crippen LogP contribution in [0.15, 0.2) is 23.2 Å². The number of rotatable bonds is 5. The van der Waals surface area contributed by atoms with Crippen molar-refractivity contribution in [1.82, 2.24) is 4.90 Å². The molecule has 0 amide bonds. The predicted octanol–water partition coefficient (Wildman–Crippen LogP) is 5.30. The van der Waals surface area contributed by atoms with Gasteiger partial charge in [-0.25, -0.2) is 4.99 Å². The fourth-order valence-electron chi connectivity index (χ4n) is 3.92. The summed E-state index contributed by atoms with van der Waals surface area (Å²) in [7, 11) is 0. The Bertz CT molecular complexity index is 669. The lowest BCUT2D eigenvalue weighted by Gasteiger charge is -2.33. The van der Waals surface area contributed by atoms with Crippen molar-refractivity contribution in [1.29, 1.82) is 0 Å². The van der Waals surface area contributed by atoms with Crippen LogP contribution in [0.2, 0.25) is 0 Å². The zero-order chi connectivity index (χ0) is 18.0. The molecule has 2 fully saturated rings. The van der Waals surface area contributed by atoms with Gasteiger partial charge in [0.1, 0.15) is 0 Å². The Labute approximate surface area is 154 Å². The fourth-order valence-corrected chi connectivity index (χ4v) is 5.16. The number of benzene rings is 1.